The van der Waals surface area contributed by atoms with Crippen molar-refractivity contribution >= 4 is 22.9 Å². The van der Waals surface area contributed by atoms with Gasteiger partial charge in [0.25, 0.3) is 5.88 Å². The molecule has 2 aromatic rings. The topological polar surface area (TPSA) is 35.0 Å². The molecule has 2 heterocycles. The van der Waals surface area contributed by atoms with Gasteiger partial charge in [-0.1, -0.05) is 11.6 Å². The highest BCUT2D eigenvalue weighted by molar-refractivity contribution is 7.15. The number of hydrogen-bond acceptors (Lipinski definition) is 4. The SMILES string of the molecule is COc1nnc(-c2ccc(C)s2)cc1Cl. The summed E-state index contributed by atoms with van der Waals surface area (Å²) in [5.74, 6) is 0.355. The Balaban J connectivity index is 2.42. The molecular formula is C10H9ClN2OS. The van der Waals surface area contributed by atoms with Gasteiger partial charge in [0, 0.05) is 4.88 Å². The van der Waals surface area contributed by atoms with E-state index < -0.39 is 0 Å². The van der Waals surface area contributed by atoms with Crippen LogP contribution >= 0.6 is 22.9 Å². The first kappa shape index (κ1) is 10.4. The van der Waals surface area contributed by atoms with Crippen LogP contribution in [0.2, 0.25) is 5.02 Å². The summed E-state index contributed by atoms with van der Waals surface area (Å²) in [6.07, 6.45) is 0. The van der Waals surface area contributed by atoms with Gasteiger partial charge in [-0.05, 0) is 25.1 Å². The van der Waals surface area contributed by atoms with Crippen molar-refractivity contribution < 1.29 is 4.74 Å². The molecule has 0 fully saturated rings. The molecule has 0 N–H and O–H groups in total. The van der Waals surface area contributed by atoms with Crippen LogP contribution in [0.5, 0.6) is 5.88 Å². The third-order valence-corrected chi connectivity index (χ3v) is 3.20. The second kappa shape index (κ2) is 4.16. The molecule has 5 heteroatoms. The minimum Gasteiger partial charge on any atom is -0.479 e. The van der Waals surface area contributed by atoms with Gasteiger partial charge in [-0.3, -0.25) is 0 Å². The lowest BCUT2D eigenvalue weighted by molar-refractivity contribution is 0.392. The summed E-state index contributed by atoms with van der Waals surface area (Å²) in [4.78, 5) is 2.29. The molecule has 0 amide bonds. The highest BCUT2D eigenvalue weighted by Gasteiger charge is 2.08. The summed E-state index contributed by atoms with van der Waals surface area (Å²) in [6.45, 7) is 2.05. The molecule has 0 aliphatic heterocycles. The third-order valence-electron chi connectivity index (χ3n) is 1.90. The maximum Gasteiger partial charge on any atom is 0.252 e. The Kier molecular flexibility index (Phi) is 2.88. The molecule has 0 radical (unpaired) electrons. The highest BCUT2D eigenvalue weighted by Crippen LogP contribution is 2.29. The first-order valence-electron chi connectivity index (χ1n) is 4.34. The number of ether oxygens (including phenoxy) is 1. The van der Waals surface area contributed by atoms with Crippen LogP contribution in [0.25, 0.3) is 10.6 Å². The fourth-order valence-electron chi connectivity index (χ4n) is 1.19. The zero-order valence-electron chi connectivity index (χ0n) is 8.32. The molecule has 0 spiro atoms. The standard InChI is InChI=1S/C10H9ClN2OS/c1-6-3-4-9(15-6)8-5-7(11)10(14-2)13-12-8/h3-5H,1-2H3. The summed E-state index contributed by atoms with van der Waals surface area (Å²) in [7, 11) is 1.52. The van der Waals surface area contributed by atoms with Crippen molar-refractivity contribution in [2.75, 3.05) is 7.11 Å². The van der Waals surface area contributed by atoms with Gasteiger partial charge in [-0.25, -0.2) is 0 Å². The van der Waals surface area contributed by atoms with E-state index in [-0.39, 0.29) is 0 Å². The monoisotopic (exact) mass is 240 g/mol. The van der Waals surface area contributed by atoms with Crippen molar-refractivity contribution in [2.45, 2.75) is 6.92 Å². The van der Waals surface area contributed by atoms with Crippen molar-refractivity contribution in [3.05, 3.63) is 28.1 Å². The molecule has 15 heavy (non-hydrogen) atoms. The number of hydrogen-bond donors (Lipinski definition) is 0. The zero-order chi connectivity index (χ0) is 10.8. The molecule has 78 valence electrons. The Bertz CT molecular complexity index is 484. The van der Waals surface area contributed by atoms with Gasteiger partial charge in [-0.2, -0.15) is 0 Å². The van der Waals surface area contributed by atoms with Gasteiger partial charge in [0.1, 0.15) is 10.7 Å². The van der Waals surface area contributed by atoms with E-state index in [9.17, 15) is 0 Å². The molecular weight excluding hydrogens is 232 g/mol. The number of rotatable bonds is 2. The van der Waals surface area contributed by atoms with Crippen molar-refractivity contribution in [3.63, 3.8) is 0 Å². The summed E-state index contributed by atoms with van der Waals surface area (Å²) < 4.78 is 4.94. The van der Waals surface area contributed by atoms with Crippen molar-refractivity contribution in [2.24, 2.45) is 0 Å². The highest BCUT2D eigenvalue weighted by atomic mass is 35.5. The van der Waals surface area contributed by atoms with Crippen LogP contribution in [0, 0.1) is 6.92 Å². The molecule has 2 aromatic heterocycles. The van der Waals surface area contributed by atoms with Crippen LogP contribution in [0.3, 0.4) is 0 Å². The van der Waals surface area contributed by atoms with E-state index in [1.165, 1.54) is 12.0 Å². The Morgan fingerprint density at radius 1 is 1.33 bits per heavy atom. The van der Waals surface area contributed by atoms with Crippen LogP contribution in [-0.2, 0) is 0 Å². The molecule has 2 rings (SSSR count). The van der Waals surface area contributed by atoms with Crippen LogP contribution in [-0.4, -0.2) is 17.3 Å². The van der Waals surface area contributed by atoms with E-state index in [0.29, 0.717) is 10.9 Å². The van der Waals surface area contributed by atoms with Crippen molar-refractivity contribution in [3.8, 4) is 16.5 Å². The molecule has 0 bridgehead atoms. The number of aromatic nitrogens is 2. The third kappa shape index (κ3) is 2.11. The van der Waals surface area contributed by atoms with Gasteiger partial charge >= 0.3 is 0 Å². The quantitative estimate of drug-likeness (QED) is 0.809. The normalized spacial score (nSPS) is 10.3. The molecule has 0 saturated heterocycles. The summed E-state index contributed by atoms with van der Waals surface area (Å²) in [5, 5.41) is 8.41. The lowest BCUT2D eigenvalue weighted by Gasteiger charge is -2.01. The number of halogens is 1. The zero-order valence-corrected chi connectivity index (χ0v) is 9.89. The minimum atomic E-state index is 0.355. The number of nitrogens with zero attached hydrogens (tertiary/aromatic N) is 2. The first-order valence-corrected chi connectivity index (χ1v) is 5.54. The summed E-state index contributed by atoms with van der Waals surface area (Å²) in [5.41, 5.74) is 0.777. The number of aryl methyl sites for hydroxylation is 1. The van der Waals surface area contributed by atoms with E-state index >= 15 is 0 Å². The lowest BCUT2D eigenvalue weighted by atomic mass is 10.3. The molecule has 3 nitrogen and oxygen atoms in total. The molecule has 0 aliphatic carbocycles. The number of methoxy groups -OCH3 is 1. The molecule has 0 unspecified atom stereocenters. The first-order chi connectivity index (χ1) is 7.20. The predicted molar refractivity (Wildman–Crippen MR) is 61.6 cm³/mol. The Labute approximate surface area is 96.7 Å². The fourth-order valence-corrected chi connectivity index (χ4v) is 2.23. The number of thiophene rings is 1. The van der Waals surface area contributed by atoms with E-state index in [2.05, 4.69) is 10.2 Å². The van der Waals surface area contributed by atoms with Crippen molar-refractivity contribution in [1.82, 2.24) is 10.2 Å². The predicted octanol–water partition coefficient (Wildman–Crippen LogP) is 3.18. The lowest BCUT2D eigenvalue weighted by Crippen LogP contribution is -1.92. The molecule has 0 aromatic carbocycles. The minimum absolute atomic E-state index is 0.355. The fraction of sp³-hybridized carbons (Fsp3) is 0.200. The second-order valence-corrected chi connectivity index (χ2v) is 4.69. The summed E-state index contributed by atoms with van der Waals surface area (Å²) >= 11 is 7.62. The van der Waals surface area contributed by atoms with Crippen molar-refractivity contribution in [1.29, 1.82) is 0 Å². The van der Waals surface area contributed by atoms with Gasteiger partial charge < -0.3 is 4.74 Å². The average molecular weight is 241 g/mol. The van der Waals surface area contributed by atoms with E-state index in [1.54, 1.807) is 17.4 Å². The van der Waals surface area contributed by atoms with Gasteiger partial charge in [0.2, 0.25) is 0 Å². The molecule has 0 aliphatic rings. The molecule has 0 saturated carbocycles. The van der Waals surface area contributed by atoms with Gasteiger partial charge in [-0.15, -0.1) is 21.5 Å². The van der Waals surface area contributed by atoms with E-state index in [0.717, 1.165) is 10.6 Å². The van der Waals surface area contributed by atoms with Crippen LogP contribution < -0.4 is 4.74 Å². The summed E-state index contributed by atoms with van der Waals surface area (Å²) in [6, 6.07) is 5.81. The average Bonchev–Trinajstić information content (AvgIpc) is 2.65. The Morgan fingerprint density at radius 2 is 2.13 bits per heavy atom. The largest absolute Gasteiger partial charge is 0.479 e. The Morgan fingerprint density at radius 3 is 2.67 bits per heavy atom. The van der Waals surface area contributed by atoms with Gasteiger partial charge in [0.05, 0.1) is 12.0 Å². The maximum absolute atomic E-state index is 5.96. The van der Waals surface area contributed by atoms with E-state index in [4.69, 9.17) is 16.3 Å². The molecule has 0 atom stereocenters. The van der Waals surface area contributed by atoms with Crippen LogP contribution in [0.1, 0.15) is 4.88 Å². The maximum atomic E-state index is 5.96. The smallest absolute Gasteiger partial charge is 0.252 e. The van der Waals surface area contributed by atoms with E-state index in [1.807, 2.05) is 19.1 Å². The Hall–Kier alpha value is -1.13. The van der Waals surface area contributed by atoms with Gasteiger partial charge in [0.15, 0.2) is 0 Å². The second-order valence-electron chi connectivity index (χ2n) is 3.00. The van der Waals surface area contributed by atoms with Crippen LogP contribution in [0.4, 0.5) is 0 Å². The van der Waals surface area contributed by atoms with Crippen LogP contribution in [0.15, 0.2) is 18.2 Å².